The minimum absolute atomic E-state index is 0.00441. The standard InChI is InChI=1S/C26H23F3N2O6/c1-3-36-24(34)18-12-30(14-7-8-15-13(2)23(33)37-21(15)11-14)25(35)31(22(18)32)20-10-9-16-17(20)5-4-6-19(16)26(27,28)29/h4-8,11,13,18,20H,3,9-10,12H2,1-2H3/t13?,18?,20-/m1/s1. The Bertz CT molecular complexity index is 1320. The molecule has 0 bridgehead atoms. The van der Waals surface area contributed by atoms with E-state index in [-0.39, 0.29) is 48.6 Å². The van der Waals surface area contributed by atoms with Crippen molar-refractivity contribution in [3.05, 3.63) is 58.7 Å². The number of fused-ring (bicyclic) bond motifs is 2. The van der Waals surface area contributed by atoms with Crippen LogP contribution in [0.25, 0.3) is 0 Å². The van der Waals surface area contributed by atoms with Crippen LogP contribution in [-0.4, -0.2) is 41.9 Å². The summed E-state index contributed by atoms with van der Waals surface area (Å²) in [6.07, 6.45) is -4.49. The highest BCUT2D eigenvalue weighted by molar-refractivity contribution is 6.13. The van der Waals surface area contributed by atoms with Crippen molar-refractivity contribution >= 4 is 29.6 Å². The van der Waals surface area contributed by atoms with E-state index in [1.165, 1.54) is 23.1 Å². The van der Waals surface area contributed by atoms with Gasteiger partial charge in [0.2, 0.25) is 5.91 Å². The lowest BCUT2D eigenvalue weighted by atomic mass is 9.98. The third-order valence-corrected chi connectivity index (χ3v) is 7.10. The molecule has 11 heteroatoms. The third-order valence-electron chi connectivity index (χ3n) is 7.10. The number of anilines is 1. The quantitative estimate of drug-likeness (QED) is 0.341. The van der Waals surface area contributed by atoms with Crippen LogP contribution in [0.5, 0.6) is 5.75 Å². The van der Waals surface area contributed by atoms with Gasteiger partial charge < -0.3 is 9.47 Å². The highest BCUT2D eigenvalue weighted by Gasteiger charge is 2.49. The van der Waals surface area contributed by atoms with Crippen molar-refractivity contribution in [1.29, 1.82) is 0 Å². The maximum Gasteiger partial charge on any atom is 0.416 e. The van der Waals surface area contributed by atoms with Crippen LogP contribution < -0.4 is 9.64 Å². The van der Waals surface area contributed by atoms with E-state index in [1.807, 2.05) is 0 Å². The Hall–Kier alpha value is -3.89. The largest absolute Gasteiger partial charge is 0.465 e. The fourth-order valence-corrected chi connectivity index (χ4v) is 5.28. The van der Waals surface area contributed by atoms with Crippen LogP contribution in [0.4, 0.5) is 23.7 Å². The lowest BCUT2D eigenvalue weighted by Crippen LogP contribution is -2.59. The predicted molar refractivity (Wildman–Crippen MR) is 123 cm³/mol. The Morgan fingerprint density at radius 1 is 1.14 bits per heavy atom. The summed E-state index contributed by atoms with van der Waals surface area (Å²) in [5.41, 5.74) is 0.358. The van der Waals surface area contributed by atoms with Gasteiger partial charge in [-0.1, -0.05) is 18.2 Å². The molecule has 0 aromatic heterocycles. The average molecular weight is 516 g/mol. The van der Waals surface area contributed by atoms with Crippen molar-refractivity contribution in [3.8, 4) is 5.75 Å². The summed E-state index contributed by atoms with van der Waals surface area (Å²) >= 11 is 0. The van der Waals surface area contributed by atoms with Gasteiger partial charge in [-0.05, 0) is 49.9 Å². The van der Waals surface area contributed by atoms with E-state index in [0.717, 1.165) is 11.0 Å². The van der Waals surface area contributed by atoms with Gasteiger partial charge in [0.15, 0.2) is 5.92 Å². The molecule has 3 aliphatic rings. The zero-order chi connectivity index (χ0) is 26.6. The summed E-state index contributed by atoms with van der Waals surface area (Å²) in [5.74, 6) is -3.69. The van der Waals surface area contributed by atoms with Crippen molar-refractivity contribution < 1.29 is 41.8 Å². The van der Waals surface area contributed by atoms with Crippen molar-refractivity contribution in [2.24, 2.45) is 5.92 Å². The Morgan fingerprint density at radius 3 is 2.59 bits per heavy atom. The SMILES string of the molecule is CCOC(=O)C1CN(c2ccc3c(c2)OC(=O)C3C)C(=O)N([C@@H]2CCc3c2cccc3C(F)(F)F)C1=O. The maximum atomic E-state index is 13.7. The molecule has 3 atom stereocenters. The highest BCUT2D eigenvalue weighted by Crippen LogP contribution is 2.45. The molecule has 0 spiro atoms. The van der Waals surface area contributed by atoms with Crippen molar-refractivity contribution in [2.45, 2.75) is 44.8 Å². The molecule has 1 aliphatic carbocycles. The number of halogens is 3. The molecule has 0 saturated carbocycles. The molecular weight excluding hydrogens is 493 g/mol. The smallest absolute Gasteiger partial charge is 0.416 e. The number of ether oxygens (including phenoxy) is 2. The number of urea groups is 1. The summed E-state index contributed by atoms with van der Waals surface area (Å²) in [5, 5.41) is 0. The topological polar surface area (TPSA) is 93.2 Å². The van der Waals surface area contributed by atoms with Gasteiger partial charge in [0.25, 0.3) is 0 Å². The number of hydrogen-bond acceptors (Lipinski definition) is 6. The van der Waals surface area contributed by atoms with Gasteiger partial charge >= 0.3 is 24.1 Å². The summed E-state index contributed by atoms with van der Waals surface area (Å²) < 4.78 is 51.2. The Labute approximate surface area is 209 Å². The third kappa shape index (κ3) is 4.02. The molecule has 2 unspecified atom stereocenters. The zero-order valence-electron chi connectivity index (χ0n) is 20.0. The first-order valence-electron chi connectivity index (χ1n) is 11.9. The van der Waals surface area contributed by atoms with Crippen LogP contribution in [-0.2, 0) is 31.7 Å². The predicted octanol–water partition coefficient (Wildman–Crippen LogP) is 4.36. The number of hydrogen-bond donors (Lipinski definition) is 0. The second kappa shape index (κ2) is 8.89. The van der Waals surface area contributed by atoms with Crippen molar-refractivity contribution in [2.75, 3.05) is 18.1 Å². The van der Waals surface area contributed by atoms with E-state index < -0.39 is 53.5 Å². The van der Waals surface area contributed by atoms with Gasteiger partial charge in [-0.3, -0.25) is 24.2 Å². The van der Waals surface area contributed by atoms with Gasteiger partial charge in [-0.25, -0.2) is 4.79 Å². The minimum atomic E-state index is -4.59. The average Bonchev–Trinajstić information content (AvgIpc) is 3.39. The first-order chi connectivity index (χ1) is 17.5. The first kappa shape index (κ1) is 24.8. The number of carbonyl (C=O) groups is 4. The van der Waals surface area contributed by atoms with Crippen molar-refractivity contribution in [3.63, 3.8) is 0 Å². The number of amides is 3. The number of benzene rings is 2. The summed E-state index contributed by atoms with van der Waals surface area (Å²) in [6.45, 7) is 2.94. The summed E-state index contributed by atoms with van der Waals surface area (Å²) in [4.78, 5) is 54.0. The van der Waals surface area contributed by atoms with Crippen LogP contribution in [0.2, 0.25) is 0 Å². The normalized spacial score (nSPS) is 23.2. The molecule has 194 valence electrons. The van der Waals surface area contributed by atoms with E-state index in [2.05, 4.69) is 0 Å². The molecule has 2 aromatic rings. The van der Waals surface area contributed by atoms with Crippen molar-refractivity contribution in [1.82, 2.24) is 4.90 Å². The highest BCUT2D eigenvalue weighted by atomic mass is 19.4. The fraction of sp³-hybridized carbons (Fsp3) is 0.385. The van der Waals surface area contributed by atoms with Crippen LogP contribution in [0.3, 0.4) is 0 Å². The molecule has 3 amide bonds. The van der Waals surface area contributed by atoms with E-state index in [1.54, 1.807) is 26.0 Å². The van der Waals surface area contributed by atoms with Gasteiger partial charge in [-0.2, -0.15) is 13.2 Å². The number of carbonyl (C=O) groups excluding carboxylic acids is 4. The van der Waals surface area contributed by atoms with E-state index in [9.17, 15) is 32.3 Å². The molecular formula is C26H23F3N2O6. The molecule has 1 fully saturated rings. The first-order valence-corrected chi connectivity index (χ1v) is 11.9. The van der Waals surface area contributed by atoms with Crippen LogP contribution in [0.1, 0.15) is 54.5 Å². The summed E-state index contributed by atoms with van der Waals surface area (Å²) in [7, 11) is 0. The second-order valence-electron chi connectivity index (χ2n) is 9.20. The lowest BCUT2D eigenvalue weighted by molar-refractivity contribution is -0.155. The Kier molecular flexibility index (Phi) is 5.96. The van der Waals surface area contributed by atoms with Gasteiger partial charge in [0, 0.05) is 17.3 Å². The Balaban J connectivity index is 1.56. The fourth-order valence-electron chi connectivity index (χ4n) is 5.28. The molecule has 5 rings (SSSR count). The number of rotatable bonds is 4. The molecule has 0 radical (unpaired) electrons. The molecule has 37 heavy (non-hydrogen) atoms. The summed E-state index contributed by atoms with van der Waals surface area (Å²) in [6, 6.07) is 6.62. The molecule has 2 heterocycles. The number of alkyl halides is 3. The number of esters is 2. The lowest BCUT2D eigenvalue weighted by Gasteiger charge is -2.40. The Morgan fingerprint density at radius 2 is 1.89 bits per heavy atom. The van der Waals surface area contributed by atoms with Crippen LogP contribution in [0.15, 0.2) is 36.4 Å². The minimum Gasteiger partial charge on any atom is -0.465 e. The van der Waals surface area contributed by atoms with Crippen LogP contribution in [0, 0.1) is 5.92 Å². The van der Waals surface area contributed by atoms with Gasteiger partial charge in [-0.15, -0.1) is 0 Å². The van der Waals surface area contributed by atoms with Crippen LogP contribution >= 0.6 is 0 Å². The molecule has 1 saturated heterocycles. The number of imide groups is 1. The molecule has 0 N–H and O–H groups in total. The monoisotopic (exact) mass is 516 g/mol. The zero-order valence-corrected chi connectivity index (χ0v) is 20.0. The molecule has 2 aromatic carbocycles. The van der Waals surface area contributed by atoms with Gasteiger partial charge in [0.05, 0.1) is 30.7 Å². The van der Waals surface area contributed by atoms with E-state index >= 15 is 0 Å². The maximum absolute atomic E-state index is 13.7. The number of nitrogens with zero attached hydrogens (tertiary/aromatic N) is 2. The molecule has 8 nitrogen and oxygen atoms in total. The van der Waals surface area contributed by atoms with E-state index in [4.69, 9.17) is 9.47 Å². The second-order valence-corrected chi connectivity index (χ2v) is 9.20. The van der Waals surface area contributed by atoms with E-state index in [0.29, 0.717) is 5.56 Å². The van der Waals surface area contributed by atoms with Gasteiger partial charge in [0.1, 0.15) is 5.75 Å². The molecule has 2 aliphatic heterocycles.